The van der Waals surface area contributed by atoms with Crippen molar-refractivity contribution >= 4 is 18.0 Å². The van der Waals surface area contributed by atoms with Crippen LogP contribution in [0.25, 0.3) is 0 Å². The SMILES string of the molecule is CC(C)(C)OC(=O)N[C@H](C(=O)O)C1CC2CCC(C1)N2C(=O)c1ccc(C#N)cc1. The van der Waals surface area contributed by atoms with Gasteiger partial charge in [-0.05, 0) is 76.6 Å². The molecular formula is C22H27N3O5. The van der Waals surface area contributed by atoms with E-state index in [2.05, 4.69) is 5.32 Å². The predicted octanol–water partition coefficient (Wildman–Crippen LogP) is 2.92. The highest BCUT2D eigenvalue weighted by molar-refractivity contribution is 5.95. The van der Waals surface area contributed by atoms with Gasteiger partial charge in [-0.2, -0.15) is 5.26 Å². The molecule has 2 saturated heterocycles. The molecule has 0 spiro atoms. The summed E-state index contributed by atoms with van der Waals surface area (Å²) in [5.74, 6) is -1.48. The third-order valence-electron chi connectivity index (χ3n) is 5.67. The van der Waals surface area contributed by atoms with E-state index >= 15 is 0 Å². The van der Waals surface area contributed by atoms with E-state index in [1.807, 2.05) is 11.0 Å². The van der Waals surface area contributed by atoms with Crippen LogP contribution in [0, 0.1) is 17.2 Å². The first-order valence-corrected chi connectivity index (χ1v) is 10.1. The van der Waals surface area contributed by atoms with Crippen molar-refractivity contribution in [3.63, 3.8) is 0 Å². The Morgan fingerprint density at radius 2 is 1.73 bits per heavy atom. The number of amides is 2. The number of carbonyl (C=O) groups excluding carboxylic acids is 2. The summed E-state index contributed by atoms with van der Waals surface area (Å²) in [6.45, 7) is 5.15. The van der Waals surface area contributed by atoms with Crippen LogP contribution in [0.3, 0.4) is 0 Å². The number of nitrogens with one attached hydrogen (secondary N) is 1. The molecule has 30 heavy (non-hydrogen) atoms. The Labute approximate surface area is 175 Å². The minimum absolute atomic E-state index is 0.0702. The highest BCUT2D eigenvalue weighted by atomic mass is 16.6. The van der Waals surface area contributed by atoms with E-state index in [4.69, 9.17) is 10.00 Å². The Bertz CT molecular complexity index is 854. The van der Waals surface area contributed by atoms with Gasteiger partial charge in [0.25, 0.3) is 5.91 Å². The molecule has 8 heteroatoms. The Kier molecular flexibility index (Phi) is 6.01. The molecule has 1 aromatic rings. The number of ether oxygens (including phenoxy) is 1. The molecule has 2 amide bonds. The van der Waals surface area contributed by atoms with Gasteiger partial charge in [0.05, 0.1) is 11.6 Å². The zero-order chi connectivity index (χ0) is 22.1. The van der Waals surface area contributed by atoms with Crippen molar-refractivity contribution in [1.82, 2.24) is 10.2 Å². The van der Waals surface area contributed by atoms with Crippen molar-refractivity contribution in [3.05, 3.63) is 35.4 Å². The van der Waals surface area contributed by atoms with Gasteiger partial charge < -0.3 is 20.1 Å². The van der Waals surface area contributed by atoms with Gasteiger partial charge in [-0.3, -0.25) is 4.79 Å². The fourth-order valence-corrected chi connectivity index (χ4v) is 4.48. The van der Waals surface area contributed by atoms with E-state index in [9.17, 15) is 19.5 Å². The average molecular weight is 413 g/mol. The van der Waals surface area contributed by atoms with E-state index < -0.39 is 23.7 Å². The quantitative estimate of drug-likeness (QED) is 0.783. The molecule has 2 fully saturated rings. The maximum atomic E-state index is 13.0. The Hall–Kier alpha value is -3.08. The largest absolute Gasteiger partial charge is 0.480 e. The number of carbonyl (C=O) groups is 3. The molecule has 2 aliphatic rings. The van der Waals surface area contributed by atoms with E-state index in [-0.39, 0.29) is 23.9 Å². The molecule has 8 nitrogen and oxygen atoms in total. The number of rotatable bonds is 4. The summed E-state index contributed by atoms with van der Waals surface area (Å²) in [5.41, 5.74) is 0.292. The maximum Gasteiger partial charge on any atom is 0.408 e. The van der Waals surface area contributed by atoms with E-state index in [1.165, 1.54) is 0 Å². The van der Waals surface area contributed by atoms with E-state index in [0.717, 1.165) is 12.8 Å². The van der Waals surface area contributed by atoms with Gasteiger partial charge in [-0.15, -0.1) is 0 Å². The zero-order valence-corrected chi connectivity index (χ0v) is 17.4. The van der Waals surface area contributed by atoms with Gasteiger partial charge in [0.2, 0.25) is 0 Å². The molecule has 3 atom stereocenters. The summed E-state index contributed by atoms with van der Waals surface area (Å²) in [5, 5.41) is 21.1. The van der Waals surface area contributed by atoms with Crippen molar-refractivity contribution in [2.24, 2.45) is 5.92 Å². The van der Waals surface area contributed by atoms with E-state index in [0.29, 0.717) is 24.0 Å². The van der Waals surface area contributed by atoms with Crippen molar-refractivity contribution in [2.45, 2.75) is 70.2 Å². The molecule has 2 bridgehead atoms. The number of piperidine rings is 1. The standard InChI is InChI=1S/C22H27N3O5/c1-22(2,3)30-21(29)24-18(20(27)28)15-10-16-8-9-17(11-15)25(16)19(26)14-6-4-13(12-23)5-7-14/h4-7,15-18H,8-11H2,1-3H3,(H,24,29)(H,27,28)/t15?,16?,17?,18-/m0/s1. The Morgan fingerprint density at radius 3 is 2.20 bits per heavy atom. The number of fused-ring (bicyclic) bond motifs is 2. The number of aliphatic carboxylic acids is 1. The van der Waals surface area contributed by atoms with Gasteiger partial charge in [0, 0.05) is 17.6 Å². The van der Waals surface area contributed by atoms with Crippen molar-refractivity contribution < 1.29 is 24.2 Å². The van der Waals surface area contributed by atoms with Gasteiger partial charge in [0.1, 0.15) is 11.6 Å². The molecule has 160 valence electrons. The summed E-state index contributed by atoms with van der Waals surface area (Å²) in [7, 11) is 0. The first kappa shape index (κ1) is 21.6. The van der Waals surface area contributed by atoms with Crippen LogP contribution in [0.5, 0.6) is 0 Å². The molecule has 2 aliphatic heterocycles. The lowest BCUT2D eigenvalue weighted by Gasteiger charge is -2.41. The molecule has 2 N–H and O–H groups in total. The van der Waals surface area contributed by atoms with Crippen LogP contribution in [-0.2, 0) is 9.53 Å². The van der Waals surface area contributed by atoms with Crippen LogP contribution < -0.4 is 5.32 Å². The number of nitriles is 1. The van der Waals surface area contributed by atoms with Gasteiger partial charge in [0.15, 0.2) is 0 Å². The average Bonchev–Trinajstić information content (AvgIpc) is 2.93. The van der Waals surface area contributed by atoms with Crippen molar-refractivity contribution in [2.75, 3.05) is 0 Å². The first-order valence-electron chi connectivity index (χ1n) is 10.1. The molecule has 1 aromatic carbocycles. The molecule has 3 rings (SSSR count). The molecule has 0 radical (unpaired) electrons. The van der Waals surface area contributed by atoms with Crippen LogP contribution in [0.4, 0.5) is 4.79 Å². The summed E-state index contributed by atoms with van der Waals surface area (Å²) in [6.07, 6.45) is 1.87. The third-order valence-corrected chi connectivity index (χ3v) is 5.67. The van der Waals surface area contributed by atoms with E-state index in [1.54, 1.807) is 45.0 Å². The summed E-state index contributed by atoms with van der Waals surface area (Å²) < 4.78 is 5.21. The smallest absolute Gasteiger partial charge is 0.408 e. The monoisotopic (exact) mass is 413 g/mol. The van der Waals surface area contributed by atoms with Crippen LogP contribution in [0.2, 0.25) is 0 Å². The summed E-state index contributed by atoms with van der Waals surface area (Å²) >= 11 is 0. The lowest BCUT2D eigenvalue weighted by Crippen LogP contribution is -2.54. The second-order valence-electron chi connectivity index (χ2n) is 8.98. The molecule has 0 aromatic heterocycles. The lowest BCUT2D eigenvalue weighted by molar-refractivity contribution is -0.141. The number of hydrogen-bond acceptors (Lipinski definition) is 5. The lowest BCUT2D eigenvalue weighted by atomic mass is 9.84. The second-order valence-corrected chi connectivity index (χ2v) is 8.98. The van der Waals surface area contributed by atoms with Crippen molar-refractivity contribution in [1.29, 1.82) is 5.26 Å². The minimum Gasteiger partial charge on any atom is -0.480 e. The van der Waals surface area contributed by atoms with Crippen LogP contribution in [0.15, 0.2) is 24.3 Å². The number of benzene rings is 1. The van der Waals surface area contributed by atoms with Crippen molar-refractivity contribution in [3.8, 4) is 6.07 Å². The number of nitrogens with zero attached hydrogens (tertiary/aromatic N) is 2. The third kappa shape index (κ3) is 4.73. The summed E-state index contributed by atoms with van der Waals surface area (Å²) in [4.78, 5) is 38.9. The molecule has 0 saturated carbocycles. The maximum absolute atomic E-state index is 13.0. The molecule has 2 heterocycles. The van der Waals surface area contributed by atoms with Crippen LogP contribution in [-0.4, -0.2) is 51.7 Å². The predicted molar refractivity (Wildman–Crippen MR) is 108 cm³/mol. The Balaban J connectivity index is 1.70. The molecular weight excluding hydrogens is 386 g/mol. The Morgan fingerprint density at radius 1 is 1.17 bits per heavy atom. The minimum atomic E-state index is -1.10. The highest BCUT2D eigenvalue weighted by Crippen LogP contribution is 2.41. The second kappa shape index (κ2) is 8.34. The highest BCUT2D eigenvalue weighted by Gasteiger charge is 2.47. The van der Waals surface area contributed by atoms with Gasteiger partial charge in [-0.1, -0.05) is 0 Å². The van der Waals surface area contributed by atoms with Crippen LogP contribution in [0.1, 0.15) is 62.4 Å². The zero-order valence-electron chi connectivity index (χ0n) is 17.4. The fourth-order valence-electron chi connectivity index (χ4n) is 4.48. The van der Waals surface area contributed by atoms with Gasteiger partial charge in [-0.25, -0.2) is 9.59 Å². The number of carboxylic acid groups (broad SMARTS) is 1. The summed E-state index contributed by atoms with van der Waals surface area (Å²) in [6, 6.07) is 7.37. The topological polar surface area (TPSA) is 120 Å². The number of alkyl carbamates (subject to hydrolysis) is 1. The first-order chi connectivity index (χ1) is 14.1. The number of carboxylic acids is 1. The number of hydrogen-bond donors (Lipinski definition) is 2. The molecule has 2 unspecified atom stereocenters. The van der Waals surface area contributed by atoms with Crippen LogP contribution >= 0.6 is 0 Å². The normalized spacial score (nSPS) is 23.9. The van der Waals surface area contributed by atoms with Gasteiger partial charge >= 0.3 is 12.1 Å². The fraction of sp³-hybridized carbons (Fsp3) is 0.545. The molecule has 0 aliphatic carbocycles.